The number of benzene rings is 1. The number of carboxylic acid groups (broad SMARTS) is 3. The molecule has 0 spiro atoms. The van der Waals surface area contributed by atoms with E-state index in [2.05, 4.69) is 0 Å². The Bertz CT molecular complexity index is 492. The molecule has 0 saturated carbocycles. The molecule has 0 heterocycles. The summed E-state index contributed by atoms with van der Waals surface area (Å²) in [5.41, 5.74) is 0.731. The van der Waals surface area contributed by atoms with Gasteiger partial charge in [-0.3, -0.25) is 4.79 Å². The van der Waals surface area contributed by atoms with E-state index in [1.54, 1.807) is 19.1 Å². The molecule has 0 aromatic heterocycles. The fraction of sp³-hybridized carbons (Fsp3) is 0.308. The maximum Gasteiger partial charge on any atom is 0.356 e. The number of carbonyl (C=O) groups is 3. The van der Waals surface area contributed by atoms with Gasteiger partial charge in [-0.25, -0.2) is 9.59 Å². The van der Waals surface area contributed by atoms with Crippen molar-refractivity contribution in [2.45, 2.75) is 19.4 Å². The van der Waals surface area contributed by atoms with Gasteiger partial charge in [0.2, 0.25) is 0 Å². The summed E-state index contributed by atoms with van der Waals surface area (Å²) in [6, 6.07) is 5.94. The summed E-state index contributed by atoms with van der Waals surface area (Å²) in [5.74, 6) is -4.57. The number of hydrogen-bond acceptors (Lipinski definition) is 4. The van der Waals surface area contributed by atoms with E-state index < -0.39 is 29.9 Å². The normalized spacial score (nSPS) is 11.9. The van der Waals surface area contributed by atoms with Gasteiger partial charge in [0.1, 0.15) is 5.75 Å². The molecule has 3 N–H and O–H groups in total. The second kappa shape index (κ2) is 6.55. The van der Waals surface area contributed by atoms with E-state index >= 15 is 0 Å². The molecule has 0 fully saturated rings. The Balaban J connectivity index is 2.73. The first kappa shape index (κ1) is 15.5. The van der Waals surface area contributed by atoms with Gasteiger partial charge < -0.3 is 20.1 Å². The van der Waals surface area contributed by atoms with Crippen molar-refractivity contribution in [1.29, 1.82) is 0 Å². The molecular formula is C13H14O7. The van der Waals surface area contributed by atoms with Crippen LogP contribution in [0.15, 0.2) is 24.3 Å². The van der Waals surface area contributed by atoms with Crippen LogP contribution in [0.4, 0.5) is 0 Å². The highest BCUT2D eigenvalue weighted by Gasteiger charge is 2.27. The number of carboxylic acids is 3. The summed E-state index contributed by atoms with van der Waals surface area (Å²) in [5, 5.41) is 26.1. The quantitative estimate of drug-likeness (QED) is 0.634. The molecule has 1 rings (SSSR count). The van der Waals surface area contributed by atoms with Crippen LogP contribution in [-0.4, -0.2) is 39.3 Å². The van der Waals surface area contributed by atoms with Crippen LogP contribution in [-0.2, 0) is 20.8 Å². The molecule has 0 aliphatic heterocycles. The van der Waals surface area contributed by atoms with Gasteiger partial charge in [-0.1, -0.05) is 19.1 Å². The first-order valence-corrected chi connectivity index (χ1v) is 5.75. The van der Waals surface area contributed by atoms with Crippen molar-refractivity contribution in [3.05, 3.63) is 29.8 Å². The molecule has 0 bridgehead atoms. The Morgan fingerprint density at radius 3 is 1.90 bits per heavy atom. The summed E-state index contributed by atoms with van der Waals surface area (Å²) in [7, 11) is 0. The molecule has 0 saturated heterocycles. The topological polar surface area (TPSA) is 121 Å². The van der Waals surface area contributed by atoms with E-state index in [1.807, 2.05) is 0 Å². The number of hydrogen-bond donors (Lipinski definition) is 3. The number of rotatable bonds is 7. The van der Waals surface area contributed by atoms with Crippen molar-refractivity contribution in [3.8, 4) is 5.75 Å². The van der Waals surface area contributed by atoms with Crippen LogP contribution in [0.5, 0.6) is 5.75 Å². The zero-order chi connectivity index (χ0) is 15.3. The van der Waals surface area contributed by atoms with Crippen molar-refractivity contribution in [3.63, 3.8) is 0 Å². The minimum absolute atomic E-state index is 0.0894. The molecule has 20 heavy (non-hydrogen) atoms. The largest absolute Gasteiger partial charge is 0.481 e. The summed E-state index contributed by atoms with van der Waals surface area (Å²) in [4.78, 5) is 32.0. The summed E-state index contributed by atoms with van der Waals surface area (Å²) in [6.45, 7) is 1.57. The Hall–Kier alpha value is -2.57. The number of ether oxygens (including phenoxy) is 1. The smallest absolute Gasteiger partial charge is 0.356 e. The second-order valence-corrected chi connectivity index (χ2v) is 4.26. The summed E-state index contributed by atoms with van der Waals surface area (Å²) < 4.78 is 4.83. The van der Waals surface area contributed by atoms with E-state index in [0.717, 1.165) is 5.56 Å². The van der Waals surface area contributed by atoms with Gasteiger partial charge in [-0.15, -0.1) is 0 Å². The predicted octanol–water partition coefficient (Wildman–Crippen LogP) is 0.866. The van der Waals surface area contributed by atoms with Gasteiger partial charge in [0.05, 0.1) is 5.92 Å². The van der Waals surface area contributed by atoms with Gasteiger partial charge in [-0.05, 0) is 24.1 Å². The third-order valence-electron chi connectivity index (χ3n) is 2.59. The molecule has 7 heteroatoms. The van der Waals surface area contributed by atoms with E-state index in [0.29, 0.717) is 6.42 Å². The molecular weight excluding hydrogens is 268 g/mol. The van der Waals surface area contributed by atoms with Gasteiger partial charge >= 0.3 is 17.9 Å². The minimum Gasteiger partial charge on any atom is -0.481 e. The minimum atomic E-state index is -1.97. The van der Waals surface area contributed by atoms with Gasteiger partial charge in [0.25, 0.3) is 6.10 Å². The van der Waals surface area contributed by atoms with Crippen molar-refractivity contribution in [2.75, 3.05) is 0 Å². The Morgan fingerprint density at radius 1 is 1.00 bits per heavy atom. The van der Waals surface area contributed by atoms with Crippen LogP contribution in [0.3, 0.4) is 0 Å². The monoisotopic (exact) mass is 282 g/mol. The second-order valence-electron chi connectivity index (χ2n) is 4.26. The lowest BCUT2D eigenvalue weighted by Crippen LogP contribution is -2.35. The highest BCUT2D eigenvalue weighted by Crippen LogP contribution is 2.16. The van der Waals surface area contributed by atoms with Crippen molar-refractivity contribution in [1.82, 2.24) is 0 Å². The van der Waals surface area contributed by atoms with Gasteiger partial charge in [0.15, 0.2) is 0 Å². The maximum absolute atomic E-state index is 10.7. The molecule has 7 nitrogen and oxygen atoms in total. The molecule has 1 unspecified atom stereocenters. The molecule has 1 atom stereocenters. The van der Waals surface area contributed by atoms with Gasteiger partial charge in [-0.2, -0.15) is 0 Å². The standard InChI is InChI=1S/C13H14O7/c1-7(11(14)15)6-8-2-4-9(5-3-8)20-10(12(16)17)13(18)19/h2-5,7,10H,6H2,1H3,(H,14,15)(H,16,17)(H,18,19). The zero-order valence-corrected chi connectivity index (χ0v) is 10.6. The lowest BCUT2D eigenvalue weighted by molar-refractivity contribution is -0.159. The van der Waals surface area contributed by atoms with E-state index in [-0.39, 0.29) is 5.75 Å². The van der Waals surface area contributed by atoms with Crippen molar-refractivity contribution >= 4 is 17.9 Å². The molecule has 1 aromatic rings. The third-order valence-corrected chi connectivity index (χ3v) is 2.59. The fourth-order valence-corrected chi connectivity index (χ4v) is 1.49. The third kappa shape index (κ3) is 4.27. The van der Waals surface area contributed by atoms with E-state index in [4.69, 9.17) is 20.1 Å². The Labute approximate surface area is 114 Å². The molecule has 0 aliphatic carbocycles. The zero-order valence-electron chi connectivity index (χ0n) is 10.6. The summed E-state index contributed by atoms with van der Waals surface area (Å²) >= 11 is 0. The Morgan fingerprint density at radius 2 is 1.50 bits per heavy atom. The lowest BCUT2D eigenvalue weighted by atomic mass is 10.0. The maximum atomic E-state index is 10.7. The molecule has 0 radical (unpaired) electrons. The lowest BCUT2D eigenvalue weighted by Gasteiger charge is -2.12. The fourth-order valence-electron chi connectivity index (χ4n) is 1.49. The average molecular weight is 282 g/mol. The van der Waals surface area contributed by atoms with Crippen molar-refractivity contribution < 1.29 is 34.4 Å². The highest BCUT2D eigenvalue weighted by atomic mass is 16.5. The number of aliphatic carboxylic acids is 3. The molecule has 0 aliphatic rings. The van der Waals surface area contributed by atoms with Crippen LogP contribution >= 0.6 is 0 Å². The van der Waals surface area contributed by atoms with Crippen LogP contribution < -0.4 is 4.74 Å². The Kier molecular flexibility index (Phi) is 5.08. The molecule has 0 amide bonds. The van der Waals surface area contributed by atoms with E-state index in [1.165, 1.54) is 12.1 Å². The van der Waals surface area contributed by atoms with Crippen LogP contribution in [0.2, 0.25) is 0 Å². The van der Waals surface area contributed by atoms with Crippen molar-refractivity contribution in [2.24, 2.45) is 5.92 Å². The molecule has 108 valence electrons. The highest BCUT2D eigenvalue weighted by molar-refractivity contribution is 5.96. The van der Waals surface area contributed by atoms with Crippen LogP contribution in [0.1, 0.15) is 12.5 Å². The van der Waals surface area contributed by atoms with Crippen LogP contribution in [0, 0.1) is 5.92 Å². The summed E-state index contributed by atoms with van der Waals surface area (Å²) in [6.07, 6.45) is -1.66. The first-order chi connectivity index (χ1) is 9.31. The van der Waals surface area contributed by atoms with E-state index in [9.17, 15) is 14.4 Å². The first-order valence-electron chi connectivity index (χ1n) is 5.75. The SMILES string of the molecule is CC(Cc1ccc(OC(C(=O)O)C(=O)O)cc1)C(=O)O. The van der Waals surface area contributed by atoms with Gasteiger partial charge in [0, 0.05) is 0 Å². The van der Waals surface area contributed by atoms with Crippen LogP contribution in [0.25, 0.3) is 0 Å². The average Bonchev–Trinajstić information content (AvgIpc) is 2.36. The predicted molar refractivity (Wildman–Crippen MR) is 66.6 cm³/mol. The molecule has 1 aromatic carbocycles.